The van der Waals surface area contributed by atoms with Gasteiger partial charge >= 0.3 is 0 Å². The van der Waals surface area contributed by atoms with Crippen molar-refractivity contribution in [2.75, 3.05) is 5.32 Å². The molecule has 2 heterocycles. The number of aromatic nitrogens is 1. The van der Waals surface area contributed by atoms with Gasteiger partial charge in [-0.15, -0.1) is 11.3 Å². The molecule has 8 heteroatoms. The fourth-order valence-corrected chi connectivity index (χ4v) is 3.94. The maximum atomic E-state index is 12.0. The minimum absolute atomic E-state index is 0.141. The molecule has 29 heavy (non-hydrogen) atoms. The molecule has 0 aliphatic rings. The van der Waals surface area contributed by atoms with Crippen LogP contribution in [0.25, 0.3) is 26.9 Å². The molecule has 0 saturated heterocycles. The number of carbonyl (C=O) groups excluding carboxylic acids is 1. The number of thiazole rings is 1. The van der Waals surface area contributed by atoms with E-state index >= 15 is 0 Å². The average molecular weight is 440 g/mol. The molecule has 2 aromatic heterocycles. The number of rotatable bonds is 4. The number of nitrogens with one attached hydrogen (secondary N) is 2. The number of furan rings is 1. The summed E-state index contributed by atoms with van der Waals surface area (Å²) in [5.74, 6) is 0.197. The Hall–Kier alpha value is -3.00. The van der Waals surface area contributed by atoms with Crippen LogP contribution in [0.15, 0.2) is 71.4 Å². The summed E-state index contributed by atoms with van der Waals surface area (Å²) in [7, 11) is 0. The lowest BCUT2D eigenvalue weighted by Crippen LogP contribution is -2.32. The SMILES string of the molecule is O=C(/C=C/c1ccco1)NC(=S)Nc1cc(-c2nc3ccccc3s2)ccc1Cl. The molecular weight excluding hydrogens is 426 g/mol. The molecule has 0 aliphatic heterocycles. The maximum absolute atomic E-state index is 12.0. The number of halogens is 1. The molecule has 0 unspecified atom stereocenters. The normalized spacial score (nSPS) is 11.1. The van der Waals surface area contributed by atoms with Crippen LogP contribution >= 0.6 is 35.2 Å². The van der Waals surface area contributed by atoms with Crippen LogP contribution in [-0.2, 0) is 4.79 Å². The summed E-state index contributed by atoms with van der Waals surface area (Å²) in [5.41, 5.74) is 2.44. The molecule has 4 rings (SSSR count). The van der Waals surface area contributed by atoms with Crippen LogP contribution in [0.4, 0.5) is 5.69 Å². The first-order chi connectivity index (χ1) is 14.1. The van der Waals surface area contributed by atoms with Crippen molar-refractivity contribution in [2.24, 2.45) is 0 Å². The Morgan fingerprint density at radius 2 is 2.03 bits per heavy atom. The van der Waals surface area contributed by atoms with Crippen LogP contribution in [0.1, 0.15) is 5.76 Å². The van der Waals surface area contributed by atoms with Crippen LogP contribution in [0, 0.1) is 0 Å². The monoisotopic (exact) mass is 439 g/mol. The summed E-state index contributed by atoms with van der Waals surface area (Å²) >= 11 is 13.1. The number of amides is 1. The second-order valence-electron chi connectivity index (χ2n) is 5.97. The van der Waals surface area contributed by atoms with E-state index in [0.717, 1.165) is 20.8 Å². The lowest BCUT2D eigenvalue weighted by Gasteiger charge is -2.11. The van der Waals surface area contributed by atoms with Gasteiger partial charge in [-0.1, -0.05) is 29.8 Å². The van der Waals surface area contributed by atoms with Gasteiger partial charge in [0.1, 0.15) is 10.8 Å². The average Bonchev–Trinajstić information content (AvgIpc) is 3.37. The van der Waals surface area contributed by atoms with E-state index in [2.05, 4.69) is 15.6 Å². The van der Waals surface area contributed by atoms with Crippen LogP contribution in [0.2, 0.25) is 5.02 Å². The van der Waals surface area contributed by atoms with Crippen molar-refractivity contribution in [3.05, 3.63) is 77.7 Å². The van der Waals surface area contributed by atoms with E-state index in [0.29, 0.717) is 16.5 Å². The fourth-order valence-electron chi connectivity index (χ4n) is 2.60. The molecule has 144 valence electrons. The summed E-state index contributed by atoms with van der Waals surface area (Å²) in [6.45, 7) is 0. The van der Waals surface area contributed by atoms with E-state index in [-0.39, 0.29) is 11.0 Å². The minimum atomic E-state index is -0.377. The molecule has 0 saturated carbocycles. The van der Waals surface area contributed by atoms with Crippen molar-refractivity contribution < 1.29 is 9.21 Å². The number of nitrogens with zero attached hydrogens (tertiary/aromatic N) is 1. The van der Waals surface area contributed by atoms with Crippen LogP contribution in [0.3, 0.4) is 0 Å². The number of hydrogen-bond donors (Lipinski definition) is 2. The van der Waals surface area contributed by atoms with E-state index in [1.54, 1.807) is 35.6 Å². The van der Waals surface area contributed by atoms with Gasteiger partial charge in [0.05, 0.1) is 27.2 Å². The Kier molecular flexibility index (Phi) is 5.71. The van der Waals surface area contributed by atoms with E-state index in [9.17, 15) is 4.79 Å². The smallest absolute Gasteiger partial charge is 0.250 e. The highest BCUT2D eigenvalue weighted by atomic mass is 35.5. The number of anilines is 1. The molecule has 0 bridgehead atoms. The van der Waals surface area contributed by atoms with Gasteiger partial charge in [-0.25, -0.2) is 4.98 Å². The molecule has 0 fully saturated rings. The molecule has 0 atom stereocenters. The van der Waals surface area contributed by atoms with Gasteiger partial charge in [0.2, 0.25) is 5.91 Å². The highest BCUT2D eigenvalue weighted by Crippen LogP contribution is 2.33. The Morgan fingerprint density at radius 1 is 1.17 bits per heavy atom. The van der Waals surface area contributed by atoms with E-state index in [1.165, 1.54) is 12.3 Å². The zero-order chi connectivity index (χ0) is 20.2. The number of para-hydroxylation sites is 1. The largest absolute Gasteiger partial charge is 0.465 e. The molecule has 4 aromatic rings. The standard InChI is InChI=1S/C21H14ClN3O2S2/c22-15-9-7-13(20-23-16-5-1-2-6-18(16)29-20)12-17(15)24-21(28)25-19(26)10-8-14-4-3-11-27-14/h1-12H,(H2,24,25,26,28)/b10-8+. The Balaban J connectivity index is 1.47. The van der Waals surface area contributed by atoms with Crippen molar-refractivity contribution in [1.82, 2.24) is 10.3 Å². The van der Waals surface area contributed by atoms with E-state index < -0.39 is 0 Å². The first-order valence-electron chi connectivity index (χ1n) is 8.57. The third-order valence-electron chi connectivity index (χ3n) is 3.93. The second-order valence-corrected chi connectivity index (χ2v) is 7.82. The molecule has 2 aromatic carbocycles. The molecule has 1 amide bonds. The van der Waals surface area contributed by atoms with Crippen molar-refractivity contribution in [2.45, 2.75) is 0 Å². The van der Waals surface area contributed by atoms with Gasteiger partial charge < -0.3 is 9.73 Å². The highest BCUT2D eigenvalue weighted by molar-refractivity contribution is 7.80. The molecule has 0 spiro atoms. The maximum Gasteiger partial charge on any atom is 0.250 e. The molecule has 2 N–H and O–H groups in total. The second kappa shape index (κ2) is 8.57. The predicted octanol–water partition coefficient (Wildman–Crippen LogP) is 5.74. The number of fused-ring (bicyclic) bond motifs is 1. The zero-order valence-corrected chi connectivity index (χ0v) is 17.3. The van der Waals surface area contributed by atoms with Crippen LogP contribution < -0.4 is 10.6 Å². The molecule has 0 radical (unpaired) electrons. The number of benzene rings is 2. The first-order valence-corrected chi connectivity index (χ1v) is 10.2. The number of thiocarbonyl (C=S) groups is 1. The van der Waals surface area contributed by atoms with Gasteiger partial charge in [-0.3, -0.25) is 10.1 Å². The van der Waals surface area contributed by atoms with Gasteiger partial charge in [0.15, 0.2) is 5.11 Å². The van der Waals surface area contributed by atoms with Crippen molar-refractivity contribution in [3.8, 4) is 10.6 Å². The van der Waals surface area contributed by atoms with Crippen molar-refractivity contribution in [1.29, 1.82) is 0 Å². The van der Waals surface area contributed by atoms with Gasteiger partial charge in [0.25, 0.3) is 0 Å². The zero-order valence-electron chi connectivity index (χ0n) is 14.9. The van der Waals surface area contributed by atoms with E-state index in [4.69, 9.17) is 28.2 Å². The summed E-state index contributed by atoms with van der Waals surface area (Å²) in [6, 6.07) is 17.0. The summed E-state index contributed by atoms with van der Waals surface area (Å²) in [6.07, 6.45) is 4.43. The Labute approximate surface area is 181 Å². The lowest BCUT2D eigenvalue weighted by molar-refractivity contribution is -0.115. The first kappa shape index (κ1) is 19.3. The van der Waals surface area contributed by atoms with Gasteiger partial charge in [-0.2, -0.15) is 0 Å². The van der Waals surface area contributed by atoms with Crippen molar-refractivity contribution in [3.63, 3.8) is 0 Å². The Bertz CT molecular complexity index is 1180. The summed E-state index contributed by atoms with van der Waals surface area (Å²) in [5, 5.41) is 7.05. The van der Waals surface area contributed by atoms with Crippen LogP contribution in [-0.4, -0.2) is 16.0 Å². The van der Waals surface area contributed by atoms with Gasteiger partial charge in [0, 0.05) is 11.6 Å². The number of carbonyl (C=O) groups is 1. The molecule has 5 nitrogen and oxygen atoms in total. The topological polar surface area (TPSA) is 67.2 Å². The third kappa shape index (κ3) is 4.71. The minimum Gasteiger partial charge on any atom is -0.465 e. The van der Waals surface area contributed by atoms with Crippen molar-refractivity contribution >= 4 is 68.2 Å². The summed E-state index contributed by atoms with van der Waals surface area (Å²) < 4.78 is 6.25. The van der Waals surface area contributed by atoms with E-state index in [1.807, 2.05) is 36.4 Å². The number of hydrogen-bond acceptors (Lipinski definition) is 5. The fraction of sp³-hybridized carbons (Fsp3) is 0. The van der Waals surface area contributed by atoms with Gasteiger partial charge in [-0.05, 0) is 54.7 Å². The Morgan fingerprint density at radius 3 is 2.83 bits per heavy atom. The highest BCUT2D eigenvalue weighted by Gasteiger charge is 2.10. The third-order valence-corrected chi connectivity index (χ3v) is 5.55. The summed E-state index contributed by atoms with van der Waals surface area (Å²) in [4.78, 5) is 16.7. The van der Waals surface area contributed by atoms with Crippen LogP contribution in [0.5, 0.6) is 0 Å². The lowest BCUT2D eigenvalue weighted by atomic mass is 10.2. The molecule has 0 aliphatic carbocycles. The quantitative estimate of drug-likeness (QED) is 0.313. The predicted molar refractivity (Wildman–Crippen MR) is 122 cm³/mol. The molecular formula is C21H14ClN3O2S2.